The lowest BCUT2D eigenvalue weighted by atomic mass is 10.2. The molecule has 0 fully saturated rings. The average molecular weight is 279 g/mol. The van der Waals surface area contributed by atoms with Gasteiger partial charge in [-0.05, 0) is 18.9 Å². The van der Waals surface area contributed by atoms with Crippen LogP contribution in [0, 0.1) is 0 Å². The van der Waals surface area contributed by atoms with Crippen molar-refractivity contribution >= 4 is 0 Å². The molecule has 0 radical (unpaired) electrons. The van der Waals surface area contributed by atoms with Crippen LogP contribution in [0.4, 0.5) is 0 Å². The Balaban J connectivity index is 2.03. The molecular formula is C12H17N5O3. The molecule has 1 atom stereocenters. The van der Waals surface area contributed by atoms with E-state index >= 15 is 0 Å². The molecule has 2 N–H and O–H groups in total. The first-order chi connectivity index (χ1) is 9.74. The number of hydrogen-bond acceptors (Lipinski definition) is 8. The number of ether oxygens (including phenoxy) is 2. The summed E-state index contributed by atoms with van der Waals surface area (Å²) in [6.07, 6.45) is 1.54. The maximum Gasteiger partial charge on any atom is 0.243 e. The Hall–Kier alpha value is -2.06. The van der Waals surface area contributed by atoms with Gasteiger partial charge in [0, 0.05) is 19.8 Å². The number of aromatic nitrogens is 4. The minimum atomic E-state index is -0.308. The van der Waals surface area contributed by atoms with Crippen LogP contribution in [-0.2, 0) is 4.74 Å². The van der Waals surface area contributed by atoms with E-state index in [1.165, 1.54) is 7.11 Å². The SMILES string of the molecule is COCCCC(N)c1nc(-c2ccc(OC)nn2)no1. The molecule has 0 spiro atoms. The Bertz CT molecular complexity index is 528. The van der Waals surface area contributed by atoms with Crippen LogP contribution >= 0.6 is 0 Å². The highest BCUT2D eigenvalue weighted by Gasteiger charge is 2.16. The van der Waals surface area contributed by atoms with Crippen LogP contribution in [0.15, 0.2) is 16.7 Å². The molecule has 0 aliphatic carbocycles. The molecule has 2 heterocycles. The monoisotopic (exact) mass is 279 g/mol. The van der Waals surface area contributed by atoms with Gasteiger partial charge in [-0.3, -0.25) is 0 Å². The second-order valence-corrected chi connectivity index (χ2v) is 4.16. The fourth-order valence-electron chi connectivity index (χ4n) is 1.61. The van der Waals surface area contributed by atoms with Crippen molar-refractivity contribution in [3.63, 3.8) is 0 Å². The van der Waals surface area contributed by atoms with Gasteiger partial charge in [-0.1, -0.05) is 5.16 Å². The van der Waals surface area contributed by atoms with Gasteiger partial charge in [0.25, 0.3) is 0 Å². The normalized spacial score (nSPS) is 12.3. The van der Waals surface area contributed by atoms with Crippen molar-refractivity contribution in [2.75, 3.05) is 20.8 Å². The van der Waals surface area contributed by atoms with Crippen LogP contribution in [0.3, 0.4) is 0 Å². The van der Waals surface area contributed by atoms with E-state index < -0.39 is 0 Å². The van der Waals surface area contributed by atoms with Gasteiger partial charge in [0.1, 0.15) is 5.69 Å². The fraction of sp³-hybridized carbons (Fsp3) is 0.500. The largest absolute Gasteiger partial charge is 0.480 e. The van der Waals surface area contributed by atoms with Crippen LogP contribution in [0.25, 0.3) is 11.5 Å². The average Bonchev–Trinajstić information content (AvgIpc) is 2.97. The van der Waals surface area contributed by atoms with Gasteiger partial charge in [0.2, 0.25) is 17.6 Å². The fourth-order valence-corrected chi connectivity index (χ4v) is 1.61. The number of nitrogens with zero attached hydrogens (tertiary/aromatic N) is 4. The molecule has 2 aromatic rings. The first-order valence-corrected chi connectivity index (χ1v) is 6.20. The molecule has 108 valence electrons. The van der Waals surface area contributed by atoms with Gasteiger partial charge in [0.15, 0.2) is 0 Å². The summed E-state index contributed by atoms with van der Waals surface area (Å²) in [7, 11) is 3.17. The summed E-state index contributed by atoms with van der Waals surface area (Å²) in [4.78, 5) is 4.23. The molecule has 2 aromatic heterocycles. The van der Waals surface area contributed by atoms with Gasteiger partial charge < -0.3 is 19.7 Å². The van der Waals surface area contributed by atoms with Crippen LogP contribution < -0.4 is 10.5 Å². The smallest absolute Gasteiger partial charge is 0.243 e. The summed E-state index contributed by atoms with van der Waals surface area (Å²) in [6.45, 7) is 0.651. The molecule has 8 heteroatoms. The van der Waals surface area contributed by atoms with E-state index in [2.05, 4.69) is 20.3 Å². The Morgan fingerprint density at radius 3 is 2.80 bits per heavy atom. The highest BCUT2D eigenvalue weighted by atomic mass is 16.5. The molecule has 0 aliphatic heterocycles. The van der Waals surface area contributed by atoms with Crippen LogP contribution in [0.5, 0.6) is 5.88 Å². The van der Waals surface area contributed by atoms with E-state index in [1.807, 2.05) is 0 Å². The third-order valence-corrected chi connectivity index (χ3v) is 2.70. The minimum Gasteiger partial charge on any atom is -0.480 e. The van der Waals surface area contributed by atoms with Crippen molar-refractivity contribution in [1.82, 2.24) is 20.3 Å². The molecule has 2 rings (SSSR count). The van der Waals surface area contributed by atoms with Crippen molar-refractivity contribution < 1.29 is 14.0 Å². The third-order valence-electron chi connectivity index (χ3n) is 2.70. The van der Waals surface area contributed by atoms with E-state index in [-0.39, 0.29) is 6.04 Å². The topological polar surface area (TPSA) is 109 Å². The van der Waals surface area contributed by atoms with Crippen molar-refractivity contribution in [3.8, 4) is 17.4 Å². The summed E-state index contributed by atoms with van der Waals surface area (Å²) < 4.78 is 15.0. The first-order valence-electron chi connectivity index (χ1n) is 6.20. The van der Waals surface area contributed by atoms with E-state index in [0.717, 1.165) is 6.42 Å². The molecular weight excluding hydrogens is 262 g/mol. The standard InChI is InChI=1S/C12H17N5O3/c1-18-7-3-4-8(13)12-14-11(17-20-12)9-5-6-10(19-2)16-15-9/h5-6,8H,3-4,7,13H2,1-2H3. The zero-order valence-corrected chi connectivity index (χ0v) is 11.4. The Morgan fingerprint density at radius 2 is 2.15 bits per heavy atom. The number of methoxy groups -OCH3 is 2. The van der Waals surface area contributed by atoms with Crippen LogP contribution in [0.1, 0.15) is 24.8 Å². The van der Waals surface area contributed by atoms with E-state index in [9.17, 15) is 0 Å². The van der Waals surface area contributed by atoms with E-state index in [1.54, 1.807) is 19.2 Å². The van der Waals surface area contributed by atoms with Gasteiger partial charge >= 0.3 is 0 Å². The number of hydrogen-bond donors (Lipinski definition) is 1. The van der Waals surface area contributed by atoms with Crippen molar-refractivity contribution in [2.24, 2.45) is 5.73 Å². The number of nitrogens with two attached hydrogens (primary N) is 1. The predicted octanol–water partition coefficient (Wildman–Crippen LogP) is 0.962. The zero-order chi connectivity index (χ0) is 14.4. The molecule has 0 saturated heterocycles. The Morgan fingerprint density at radius 1 is 1.30 bits per heavy atom. The van der Waals surface area contributed by atoms with Crippen molar-refractivity contribution in [3.05, 3.63) is 18.0 Å². The summed E-state index contributed by atoms with van der Waals surface area (Å²) >= 11 is 0. The van der Waals surface area contributed by atoms with Gasteiger partial charge in [-0.25, -0.2) is 0 Å². The molecule has 0 saturated carbocycles. The summed E-state index contributed by atoms with van der Waals surface area (Å²) in [6, 6.07) is 3.07. The Kier molecular flexibility index (Phi) is 4.97. The zero-order valence-electron chi connectivity index (χ0n) is 11.4. The second-order valence-electron chi connectivity index (χ2n) is 4.16. The first kappa shape index (κ1) is 14.4. The molecule has 1 unspecified atom stereocenters. The summed E-state index contributed by atoms with van der Waals surface area (Å²) in [5, 5.41) is 11.6. The lowest BCUT2D eigenvalue weighted by molar-refractivity contribution is 0.188. The lowest BCUT2D eigenvalue weighted by Crippen LogP contribution is -2.11. The lowest BCUT2D eigenvalue weighted by Gasteiger charge is -2.04. The molecule has 0 aromatic carbocycles. The summed E-state index contributed by atoms with van der Waals surface area (Å²) in [5.74, 6) is 1.17. The van der Waals surface area contributed by atoms with Crippen LogP contribution in [-0.4, -0.2) is 41.2 Å². The van der Waals surface area contributed by atoms with E-state index in [0.29, 0.717) is 36.3 Å². The van der Waals surface area contributed by atoms with Gasteiger partial charge in [-0.2, -0.15) is 4.98 Å². The predicted molar refractivity (Wildman–Crippen MR) is 69.9 cm³/mol. The van der Waals surface area contributed by atoms with Crippen molar-refractivity contribution in [1.29, 1.82) is 0 Å². The van der Waals surface area contributed by atoms with E-state index in [4.69, 9.17) is 19.7 Å². The van der Waals surface area contributed by atoms with Crippen LogP contribution in [0.2, 0.25) is 0 Å². The molecule has 0 aliphatic rings. The maximum absolute atomic E-state index is 5.96. The van der Waals surface area contributed by atoms with Gasteiger partial charge in [-0.15, -0.1) is 10.2 Å². The highest BCUT2D eigenvalue weighted by molar-refractivity contribution is 5.47. The molecule has 20 heavy (non-hydrogen) atoms. The Labute approximate surface area is 116 Å². The third kappa shape index (κ3) is 3.49. The molecule has 0 amide bonds. The van der Waals surface area contributed by atoms with Gasteiger partial charge in [0.05, 0.1) is 13.2 Å². The highest BCUT2D eigenvalue weighted by Crippen LogP contribution is 2.19. The molecule has 8 nitrogen and oxygen atoms in total. The minimum absolute atomic E-state index is 0.308. The summed E-state index contributed by atoms with van der Waals surface area (Å²) in [5.41, 5.74) is 6.47. The second kappa shape index (κ2) is 6.92. The molecule has 0 bridgehead atoms. The quantitative estimate of drug-likeness (QED) is 0.746. The maximum atomic E-state index is 5.96. The van der Waals surface area contributed by atoms with Crippen molar-refractivity contribution in [2.45, 2.75) is 18.9 Å². The number of rotatable bonds is 7.